The van der Waals surface area contributed by atoms with Crippen LogP contribution in [0.5, 0.6) is 0 Å². The van der Waals surface area contributed by atoms with Crippen molar-refractivity contribution in [1.29, 1.82) is 0 Å². The summed E-state index contributed by atoms with van der Waals surface area (Å²) in [6, 6.07) is 29.2. The van der Waals surface area contributed by atoms with Gasteiger partial charge in [-0.15, -0.1) is 0 Å². The molecule has 204 valence electrons. The SMILES string of the molecule is Cc1ccc(C(C)C)cc1.[NH-]C(=O)c1cc(Cl)c(S(=O)[O-])c([C@@H](c2ccccc2)[C@@H](N)c2ccccc2)c1.[Ru+2]. The van der Waals surface area contributed by atoms with Gasteiger partial charge < -0.3 is 20.8 Å². The maximum atomic E-state index is 12.0. The largest absolute Gasteiger partial charge is 2.00 e. The Morgan fingerprint density at radius 3 is 1.85 bits per heavy atom. The second-order valence-corrected chi connectivity index (χ2v) is 10.6. The van der Waals surface area contributed by atoms with Gasteiger partial charge in [-0.05, 0) is 58.3 Å². The van der Waals surface area contributed by atoms with E-state index in [1.54, 1.807) is 0 Å². The number of amides is 1. The minimum atomic E-state index is -2.65. The molecule has 0 aliphatic carbocycles. The fraction of sp³-hybridized carbons (Fsp3) is 0.194. The Labute approximate surface area is 251 Å². The summed E-state index contributed by atoms with van der Waals surface area (Å²) in [7, 11) is 0. The number of rotatable bonds is 7. The van der Waals surface area contributed by atoms with E-state index in [2.05, 4.69) is 45.0 Å². The van der Waals surface area contributed by atoms with E-state index in [4.69, 9.17) is 23.1 Å². The molecule has 3 atom stereocenters. The molecule has 0 fully saturated rings. The fourth-order valence-corrected chi connectivity index (χ4v) is 5.22. The molecule has 0 aromatic heterocycles. The van der Waals surface area contributed by atoms with E-state index in [-0.39, 0.29) is 35.0 Å². The van der Waals surface area contributed by atoms with Crippen LogP contribution >= 0.6 is 11.6 Å². The summed E-state index contributed by atoms with van der Waals surface area (Å²) in [6.45, 7) is 6.54. The second-order valence-electron chi connectivity index (χ2n) is 9.33. The van der Waals surface area contributed by atoms with Gasteiger partial charge in [0.05, 0.1) is 10.9 Å². The minimum Gasteiger partial charge on any atom is -0.768 e. The third kappa shape index (κ3) is 8.66. The normalized spacial score (nSPS) is 12.9. The van der Waals surface area contributed by atoms with Gasteiger partial charge in [-0.3, -0.25) is 4.21 Å². The number of halogens is 1. The zero-order valence-corrected chi connectivity index (χ0v) is 25.2. The molecule has 4 aromatic carbocycles. The smallest absolute Gasteiger partial charge is 0.768 e. The number of benzene rings is 4. The van der Waals surface area contributed by atoms with Gasteiger partial charge in [0.2, 0.25) is 0 Å². The Balaban J connectivity index is 0.000000410. The van der Waals surface area contributed by atoms with E-state index < -0.39 is 28.9 Å². The van der Waals surface area contributed by atoms with E-state index in [1.807, 2.05) is 60.7 Å². The average Bonchev–Trinajstić information content (AvgIpc) is 2.90. The minimum absolute atomic E-state index is 0. The number of carbonyl (C=O) groups excluding carboxylic acids is 1. The van der Waals surface area contributed by atoms with Crippen LogP contribution in [0.4, 0.5) is 0 Å². The van der Waals surface area contributed by atoms with Crippen molar-refractivity contribution in [2.45, 2.75) is 43.5 Å². The molecule has 0 aliphatic heterocycles. The molecule has 1 unspecified atom stereocenters. The molecule has 4 rings (SSSR count). The van der Waals surface area contributed by atoms with Crippen LogP contribution in [0, 0.1) is 6.92 Å². The third-order valence-electron chi connectivity index (χ3n) is 6.28. The molecule has 39 heavy (non-hydrogen) atoms. The van der Waals surface area contributed by atoms with Gasteiger partial charge in [0, 0.05) is 22.4 Å². The zero-order chi connectivity index (χ0) is 27.8. The van der Waals surface area contributed by atoms with Crippen LogP contribution in [0.3, 0.4) is 0 Å². The predicted molar refractivity (Wildman–Crippen MR) is 154 cm³/mol. The van der Waals surface area contributed by atoms with Crippen LogP contribution in [-0.4, -0.2) is 14.7 Å². The first-order valence-corrected chi connectivity index (χ1v) is 13.7. The Hall–Kier alpha value is -2.67. The monoisotopic (exact) mass is 648 g/mol. The van der Waals surface area contributed by atoms with E-state index in [9.17, 15) is 13.6 Å². The molecule has 0 radical (unpaired) electrons. The molecule has 0 saturated heterocycles. The zero-order valence-electron chi connectivity index (χ0n) is 21.9. The van der Waals surface area contributed by atoms with Gasteiger partial charge in [-0.25, -0.2) is 0 Å². The van der Waals surface area contributed by atoms with Gasteiger partial charge >= 0.3 is 19.5 Å². The van der Waals surface area contributed by atoms with Gasteiger partial charge in [-0.2, -0.15) is 0 Å². The van der Waals surface area contributed by atoms with Crippen LogP contribution < -0.4 is 5.73 Å². The second kappa shape index (κ2) is 15.2. The first kappa shape index (κ1) is 32.5. The first-order valence-electron chi connectivity index (χ1n) is 12.2. The molecule has 0 bridgehead atoms. The van der Waals surface area contributed by atoms with Crippen molar-refractivity contribution in [2.24, 2.45) is 5.73 Å². The molecule has 0 saturated carbocycles. The van der Waals surface area contributed by atoms with E-state index in [0.717, 1.165) is 11.1 Å². The van der Waals surface area contributed by atoms with Crippen LogP contribution in [0.15, 0.2) is 102 Å². The standard InChI is InChI=1S/C21H19ClN2O3S.C10H14.Ru/c22-17-12-15(21(24)25)11-16(20(17)28(26)27)18(13-7-3-1-4-8-13)19(23)14-9-5-2-6-10-14;1-8(2)10-6-4-9(3)5-7-10;/h1-12,18-19H,23H2,(H3,24,25,26,27);4-8H,1-3H3;/q;;+2/p-2/t18-,19+;;/m1../s1. The van der Waals surface area contributed by atoms with Gasteiger partial charge in [0.1, 0.15) is 0 Å². The van der Waals surface area contributed by atoms with Crippen LogP contribution in [-0.2, 0) is 30.6 Å². The number of nitrogens with one attached hydrogen (secondary N) is 1. The average molecular weight is 648 g/mol. The topological polar surface area (TPSA) is 107 Å². The van der Waals surface area contributed by atoms with Gasteiger partial charge in [0.25, 0.3) is 0 Å². The van der Waals surface area contributed by atoms with Crippen LogP contribution in [0.1, 0.15) is 69.9 Å². The van der Waals surface area contributed by atoms with Crippen molar-refractivity contribution < 1.29 is 33.0 Å². The van der Waals surface area contributed by atoms with Crippen LogP contribution in [0.25, 0.3) is 5.73 Å². The van der Waals surface area contributed by atoms with E-state index >= 15 is 0 Å². The molecule has 3 N–H and O–H groups in total. The van der Waals surface area contributed by atoms with Crippen molar-refractivity contribution in [1.82, 2.24) is 0 Å². The Kier molecular flexibility index (Phi) is 12.7. The summed E-state index contributed by atoms with van der Waals surface area (Å²) < 4.78 is 23.9. The number of carbonyl (C=O) groups is 1. The fourth-order valence-electron chi connectivity index (χ4n) is 4.21. The summed E-state index contributed by atoms with van der Waals surface area (Å²) in [6.07, 6.45) is 0. The van der Waals surface area contributed by atoms with Gasteiger partial charge in [-0.1, -0.05) is 116 Å². The van der Waals surface area contributed by atoms with Crippen molar-refractivity contribution in [3.63, 3.8) is 0 Å². The maximum absolute atomic E-state index is 12.0. The van der Waals surface area contributed by atoms with Crippen molar-refractivity contribution in [2.75, 3.05) is 0 Å². The van der Waals surface area contributed by atoms with Crippen LogP contribution in [0.2, 0.25) is 5.02 Å². The first-order chi connectivity index (χ1) is 18.1. The molecule has 4 aromatic rings. The Bertz CT molecular complexity index is 1380. The summed E-state index contributed by atoms with van der Waals surface area (Å²) in [4.78, 5) is 11.5. The van der Waals surface area contributed by atoms with Gasteiger partial charge in [0.15, 0.2) is 0 Å². The van der Waals surface area contributed by atoms with Crippen molar-refractivity contribution >= 4 is 28.6 Å². The van der Waals surface area contributed by atoms with Crippen molar-refractivity contribution in [3.05, 3.63) is 141 Å². The molecule has 1 amide bonds. The summed E-state index contributed by atoms with van der Waals surface area (Å²) in [5.41, 5.74) is 18.6. The third-order valence-corrected chi connectivity index (χ3v) is 7.48. The Morgan fingerprint density at radius 1 is 0.872 bits per heavy atom. The molecular weight excluding hydrogens is 617 g/mol. The maximum Gasteiger partial charge on any atom is 2.00 e. The number of hydrogen-bond donors (Lipinski definition) is 1. The summed E-state index contributed by atoms with van der Waals surface area (Å²) in [5.74, 6) is -0.889. The molecule has 0 aliphatic rings. The predicted octanol–water partition coefficient (Wildman–Crippen LogP) is 7.72. The molecule has 5 nitrogen and oxygen atoms in total. The summed E-state index contributed by atoms with van der Waals surface area (Å²) >= 11 is 3.54. The molecule has 0 heterocycles. The Morgan fingerprint density at radius 2 is 1.38 bits per heavy atom. The van der Waals surface area contributed by atoms with Crippen molar-refractivity contribution in [3.8, 4) is 0 Å². The summed E-state index contributed by atoms with van der Waals surface area (Å²) in [5, 5.41) is -0.109. The number of aryl methyl sites for hydroxylation is 1. The number of hydrogen-bond acceptors (Lipinski definition) is 4. The van der Waals surface area contributed by atoms with E-state index in [0.29, 0.717) is 11.5 Å². The molecule has 8 heteroatoms. The molecule has 0 spiro atoms. The quantitative estimate of drug-likeness (QED) is 0.164. The van der Waals surface area contributed by atoms with E-state index in [1.165, 1.54) is 23.3 Å². The molecular formula is C31H31ClN2O3RuS. The number of nitrogens with two attached hydrogens (primary N) is 1.